The van der Waals surface area contributed by atoms with Gasteiger partial charge >= 0.3 is 0 Å². The van der Waals surface area contributed by atoms with Gasteiger partial charge in [0.15, 0.2) is 0 Å². The highest BCUT2D eigenvalue weighted by atomic mass is 35.5. The van der Waals surface area contributed by atoms with Crippen molar-refractivity contribution in [2.75, 3.05) is 12.5 Å². The Morgan fingerprint density at radius 1 is 1.71 bits per heavy atom. The van der Waals surface area contributed by atoms with E-state index in [0.717, 1.165) is 12.8 Å². The first kappa shape index (κ1) is 11.8. The molecule has 4 heteroatoms. The Hall–Kier alpha value is -0.280. The van der Waals surface area contributed by atoms with Crippen molar-refractivity contribution in [2.24, 2.45) is 5.92 Å². The zero-order valence-electron chi connectivity index (χ0n) is 8.75. The van der Waals surface area contributed by atoms with Crippen LogP contribution >= 0.6 is 11.6 Å². The largest absolute Gasteiger partial charge is 0.377 e. The smallest absolute Gasteiger partial charge is 0.226 e. The predicted octanol–water partition coefficient (Wildman–Crippen LogP) is 1.54. The summed E-state index contributed by atoms with van der Waals surface area (Å²) >= 11 is 5.63. The molecule has 0 aromatic rings. The highest BCUT2D eigenvalue weighted by Crippen LogP contribution is 2.23. The van der Waals surface area contributed by atoms with Crippen LogP contribution in [0.2, 0.25) is 0 Å². The van der Waals surface area contributed by atoms with E-state index in [1.807, 2.05) is 13.8 Å². The van der Waals surface area contributed by atoms with Crippen LogP contribution in [0.15, 0.2) is 0 Å². The molecule has 1 aliphatic rings. The monoisotopic (exact) mass is 219 g/mol. The number of hydrogen-bond donors (Lipinski definition) is 1. The van der Waals surface area contributed by atoms with Crippen LogP contribution in [0.4, 0.5) is 0 Å². The topological polar surface area (TPSA) is 38.3 Å². The minimum Gasteiger partial charge on any atom is -0.377 e. The highest BCUT2D eigenvalue weighted by Gasteiger charge is 2.32. The van der Waals surface area contributed by atoms with Crippen LogP contribution in [0.3, 0.4) is 0 Å². The molecule has 0 spiro atoms. The van der Waals surface area contributed by atoms with E-state index < -0.39 is 0 Å². The summed E-state index contributed by atoms with van der Waals surface area (Å²) < 4.78 is 5.46. The Kier molecular flexibility index (Phi) is 4.69. The molecule has 0 aromatic carbocycles. The van der Waals surface area contributed by atoms with Crippen LogP contribution < -0.4 is 5.32 Å². The third-order valence-electron chi connectivity index (χ3n) is 2.57. The van der Waals surface area contributed by atoms with E-state index in [0.29, 0.717) is 12.5 Å². The second kappa shape index (κ2) is 5.56. The average molecular weight is 220 g/mol. The molecule has 82 valence electrons. The third-order valence-corrected chi connectivity index (χ3v) is 3.03. The maximum atomic E-state index is 11.7. The highest BCUT2D eigenvalue weighted by molar-refractivity contribution is 6.18. The Morgan fingerprint density at radius 2 is 2.43 bits per heavy atom. The molecule has 1 rings (SSSR count). The summed E-state index contributed by atoms with van der Waals surface area (Å²) in [4.78, 5) is 11.7. The molecule has 3 unspecified atom stereocenters. The van der Waals surface area contributed by atoms with Crippen molar-refractivity contribution >= 4 is 17.5 Å². The van der Waals surface area contributed by atoms with Gasteiger partial charge in [0.25, 0.3) is 0 Å². The fourth-order valence-corrected chi connectivity index (χ4v) is 1.82. The number of carbonyl (C=O) groups excluding carboxylic acids is 1. The van der Waals surface area contributed by atoms with E-state index in [9.17, 15) is 4.79 Å². The summed E-state index contributed by atoms with van der Waals surface area (Å²) in [5, 5.41) is 2.88. The minimum absolute atomic E-state index is 0.0191. The second-order valence-electron chi connectivity index (χ2n) is 3.78. The molecule has 0 radical (unpaired) electrons. The second-order valence-corrected chi connectivity index (χ2v) is 4.09. The van der Waals surface area contributed by atoms with E-state index in [2.05, 4.69) is 5.32 Å². The lowest BCUT2D eigenvalue weighted by atomic mass is 9.98. The number of nitrogens with one attached hydrogen (secondary N) is 1. The van der Waals surface area contributed by atoms with E-state index in [-0.39, 0.29) is 24.0 Å². The summed E-state index contributed by atoms with van der Waals surface area (Å²) in [5.74, 6) is 0.559. The fourth-order valence-electron chi connectivity index (χ4n) is 1.74. The molecule has 1 N–H and O–H groups in total. The van der Waals surface area contributed by atoms with Crippen molar-refractivity contribution in [3.8, 4) is 0 Å². The normalized spacial score (nSPS) is 28.8. The first-order chi connectivity index (χ1) is 6.69. The number of amides is 1. The summed E-state index contributed by atoms with van der Waals surface area (Å²) in [5.41, 5.74) is 0. The van der Waals surface area contributed by atoms with Crippen LogP contribution in [0.5, 0.6) is 0 Å². The van der Waals surface area contributed by atoms with Gasteiger partial charge in [-0.15, -0.1) is 11.6 Å². The van der Waals surface area contributed by atoms with Crippen molar-refractivity contribution in [2.45, 2.75) is 38.8 Å². The molecule has 3 nitrogen and oxygen atoms in total. The van der Waals surface area contributed by atoms with Gasteiger partial charge in [0.1, 0.15) is 0 Å². The molecule has 1 saturated heterocycles. The molecular formula is C10H18ClNO2. The lowest BCUT2D eigenvalue weighted by Gasteiger charge is -2.18. The number of alkyl halides is 1. The van der Waals surface area contributed by atoms with Crippen LogP contribution in [0, 0.1) is 5.92 Å². The van der Waals surface area contributed by atoms with Gasteiger partial charge in [-0.25, -0.2) is 0 Å². The van der Waals surface area contributed by atoms with Crippen molar-refractivity contribution < 1.29 is 9.53 Å². The van der Waals surface area contributed by atoms with Crippen molar-refractivity contribution in [1.82, 2.24) is 5.32 Å². The molecule has 0 aromatic heterocycles. The van der Waals surface area contributed by atoms with Gasteiger partial charge in [0.2, 0.25) is 5.91 Å². The Bertz CT molecular complexity index is 199. The third kappa shape index (κ3) is 2.85. The molecule has 0 saturated carbocycles. The summed E-state index contributed by atoms with van der Waals surface area (Å²) in [6.45, 7) is 4.65. The Morgan fingerprint density at radius 3 is 3.00 bits per heavy atom. The molecule has 0 bridgehead atoms. The maximum absolute atomic E-state index is 11.7. The zero-order chi connectivity index (χ0) is 10.6. The lowest BCUT2D eigenvalue weighted by molar-refractivity contribution is -0.127. The number of rotatable bonds is 4. The Labute approximate surface area is 90.1 Å². The van der Waals surface area contributed by atoms with Crippen LogP contribution in [-0.4, -0.2) is 30.5 Å². The number of carbonyl (C=O) groups is 1. The van der Waals surface area contributed by atoms with Gasteiger partial charge < -0.3 is 10.1 Å². The van der Waals surface area contributed by atoms with Gasteiger partial charge in [-0.1, -0.05) is 6.92 Å². The van der Waals surface area contributed by atoms with Gasteiger partial charge in [-0.05, 0) is 19.8 Å². The first-order valence-corrected chi connectivity index (χ1v) is 5.70. The number of hydrogen-bond acceptors (Lipinski definition) is 2. The van der Waals surface area contributed by atoms with Gasteiger partial charge in [0, 0.05) is 18.5 Å². The van der Waals surface area contributed by atoms with Gasteiger partial charge in [-0.2, -0.15) is 0 Å². The SMILES string of the molecule is CCC1OCCC1C(=O)NC(C)CCl. The molecule has 3 atom stereocenters. The molecule has 1 aliphatic heterocycles. The van der Waals surface area contributed by atoms with Crippen LogP contribution in [0.1, 0.15) is 26.7 Å². The summed E-state index contributed by atoms with van der Waals surface area (Å²) in [6, 6.07) is 0.0438. The summed E-state index contributed by atoms with van der Waals surface area (Å²) in [7, 11) is 0. The van der Waals surface area contributed by atoms with Crippen LogP contribution in [-0.2, 0) is 9.53 Å². The fraction of sp³-hybridized carbons (Fsp3) is 0.900. The van der Waals surface area contributed by atoms with Crippen molar-refractivity contribution in [3.05, 3.63) is 0 Å². The Balaban J connectivity index is 2.43. The lowest BCUT2D eigenvalue weighted by Crippen LogP contribution is -2.40. The van der Waals surface area contributed by atoms with Crippen LogP contribution in [0.25, 0.3) is 0 Å². The molecule has 1 heterocycles. The van der Waals surface area contributed by atoms with Gasteiger partial charge in [-0.3, -0.25) is 4.79 Å². The first-order valence-electron chi connectivity index (χ1n) is 5.17. The van der Waals surface area contributed by atoms with Crippen molar-refractivity contribution in [3.63, 3.8) is 0 Å². The molecule has 0 aliphatic carbocycles. The standard InChI is InChI=1S/C10H18ClNO2/c1-3-9-8(4-5-14-9)10(13)12-7(2)6-11/h7-9H,3-6H2,1-2H3,(H,12,13). The van der Waals surface area contributed by atoms with E-state index in [1.165, 1.54) is 0 Å². The maximum Gasteiger partial charge on any atom is 0.226 e. The zero-order valence-corrected chi connectivity index (χ0v) is 9.51. The van der Waals surface area contributed by atoms with E-state index >= 15 is 0 Å². The number of halogens is 1. The van der Waals surface area contributed by atoms with E-state index in [4.69, 9.17) is 16.3 Å². The molecular weight excluding hydrogens is 202 g/mol. The number of ether oxygens (including phenoxy) is 1. The van der Waals surface area contributed by atoms with Gasteiger partial charge in [0.05, 0.1) is 12.0 Å². The van der Waals surface area contributed by atoms with Crippen molar-refractivity contribution in [1.29, 1.82) is 0 Å². The van der Waals surface area contributed by atoms with E-state index in [1.54, 1.807) is 0 Å². The quantitative estimate of drug-likeness (QED) is 0.729. The molecule has 1 fully saturated rings. The summed E-state index contributed by atoms with van der Waals surface area (Å²) in [6.07, 6.45) is 1.82. The molecule has 1 amide bonds. The average Bonchev–Trinajstić information content (AvgIpc) is 2.65. The minimum atomic E-state index is 0.0191. The predicted molar refractivity (Wildman–Crippen MR) is 56.5 cm³/mol. The molecule has 14 heavy (non-hydrogen) atoms.